The van der Waals surface area contributed by atoms with Gasteiger partial charge in [0, 0.05) is 0 Å². The maximum absolute atomic E-state index is 10.1. The number of hydrogen-bond donors (Lipinski definition) is 1. The van der Waals surface area contributed by atoms with E-state index in [1.54, 1.807) is 36.4 Å². The average molecular weight is 242 g/mol. The van der Waals surface area contributed by atoms with Crippen LogP contribution in [0.25, 0.3) is 0 Å². The van der Waals surface area contributed by atoms with Gasteiger partial charge in [-0.25, -0.2) is 0 Å². The van der Waals surface area contributed by atoms with Crippen molar-refractivity contribution in [3.05, 3.63) is 48.5 Å². The van der Waals surface area contributed by atoms with Gasteiger partial charge in [0.05, 0.1) is 11.4 Å². The Hall–Kier alpha value is -2.69. The highest BCUT2D eigenvalue weighted by Gasteiger charge is 1.94. The molecule has 2 aromatic carbocycles. The van der Waals surface area contributed by atoms with Crippen molar-refractivity contribution in [3.8, 4) is 11.5 Å². The Labute approximate surface area is 103 Å². The lowest BCUT2D eigenvalue weighted by Gasteiger charge is -1.97. The van der Waals surface area contributed by atoms with Gasteiger partial charge in [0.1, 0.15) is 11.5 Å². The predicted molar refractivity (Wildman–Crippen MR) is 65.4 cm³/mol. The van der Waals surface area contributed by atoms with Crippen molar-refractivity contribution in [2.75, 3.05) is 0 Å². The predicted octanol–water partition coefficient (Wildman–Crippen LogP) is 3.34. The molecule has 2 aromatic rings. The van der Waals surface area contributed by atoms with Crippen molar-refractivity contribution in [2.45, 2.75) is 0 Å². The number of ether oxygens (including phenoxy) is 1. The SMILES string of the molecule is O=COc1ccc(N=Nc2ccc(O)cc2)cc1. The second-order valence-corrected chi connectivity index (χ2v) is 3.42. The van der Waals surface area contributed by atoms with E-state index in [9.17, 15) is 4.79 Å². The zero-order chi connectivity index (χ0) is 12.8. The van der Waals surface area contributed by atoms with Crippen molar-refractivity contribution in [3.63, 3.8) is 0 Å². The summed E-state index contributed by atoms with van der Waals surface area (Å²) in [6.45, 7) is 0.368. The third-order valence-corrected chi connectivity index (χ3v) is 2.15. The molecule has 0 heterocycles. The van der Waals surface area contributed by atoms with Gasteiger partial charge in [-0.3, -0.25) is 4.79 Å². The number of phenols is 1. The maximum atomic E-state index is 10.1. The Morgan fingerprint density at radius 3 is 1.89 bits per heavy atom. The quantitative estimate of drug-likeness (QED) is 0.660. The summed E-state index contributed by atoms with van der Waals surface area (Å²) >= 11 is 0. The number of benzene rings is 2. The Kier molecular flexibility index (Phi) is 3.66. The van der Waals surface area contributed by atoms with Crippen molar-refractivity contribution in [1.29, 1.82) is 0 Å². The Morgan fingerprint density at radius 2 is 1.39 bits per heavy atom. The average Bonchev–Trinajstić information content (AvgIpc) is 2.40. The number of carbonyl (C=O) groups is 1. The number of hydrogen-bond acceptors (Lipinski definition) is 5. The number of nitrogens with zero attached hydrogens (tertiary/aromatic N) is 2. The normalized spacial score (nSPS) is 10.4. The molecule has 5 nitrogen and oxygen atoms in total. The van der Waals surface area contributed by atoms with Crippen LogP contribution in [0.1, 0.15) is 0 Å². The van der Waals surface area contributed by atoms with Crippen molar-refractivity contribution >= 4 is 17.8 Å². The van der Waals surface area contributed by atoms with Gasteiger partial charge in [-0.1, -0.05) is 0 Å². The standard InChI is InChI=1S/C13H10N2O3/c16-9-18-13-7-3-11(4-8-13)15-14-10-1-5-12(17)6-2-10/h1-9,17H. The van der Waals surface area contributed by atoms with Crippen LogP contribution in [0.4, 0.5) is 11.4 Å². The fraction of sp³-hybridized carbons (Fsp3) is 0. The van der Waals surface area contributed by atoms with Crippen molar-refractivity contribution in [1.82, 2.24) is 0 Å². The van der Waals surface area contributed by atoms with Crippen LogP contribution in [0.15, 0.2) is 58.8 Å². The highest BCUT2D eigenvalue weighted by atomic mass is 16.5. The second kappa shape index (κ2) is 5.58. The molecule has 90 valence electrons. The van der Waals surface area contributed by atoms with E-state index in [0.717, 1.165) is 0 Å². The van der Waals surface area contributed by atoms with E-state index < -0.39 is 0 Å². The lowest BCUT2D eigenvalue weighted by Crippen LogP contribution is -1.86. The van der Waals surface area contributed by atoms with Crippen LogP contribution < -0.4 is 4.74 Å². The Balaban J connectivity index is 2.08. The summed E-state index contributed by atoms with van der Waals surface area (Å²) in [7, 11) is 0. The summed E-state index contributed by atoms with van der Waals surface area (Å²) in [6, 6.07) is 13.0. The van der Waals surface area contributed by atoms with E-state index in [1.165, 1.54) is 12.1 Å². The van der Waals surface area contributed by atoms with Gasteiger partial charge in [0.15, 0.2) is 0 Å². The molecule has 18 heavy (non-hydrogen) atoms. The van der Waals surface area contributed by atoms with Crippen LogP contribution in [0.2, 0.25) is 0 Å². The number of phenolic OH excluding ortho intramolecular Hbond substituents is 1. The van der Waals surface area contributed by atoms with Gasteiger partial charge >= 0.3 is 0 Å². The third-order valence-electron chi connectivity index (χ3n) is 2.15. The van der Waals surface area contributed by atoms with E-state index in [1.807, 2.05) is 0 Å². The van der Waals surface area contributed by atoms with Gasteiger partial charge in [-0.2, -0.15) is 10.2 Å². The maximum Gasteiger partial charge on any atom is 0.298 e. The first-order valence-corrected chi connectivity index (χ1v) is 5.19. The molecule has 0 amide bonds. The third kappa shape index (κ3) is 3.15. The minimum Gasteiger partial charge on any atom is -0.508 e. The monoisotopic (exact) mass is 242 g/mol. The van der Waals surface area contributed by atoms with E-state index in [2.05, 4.69) is 15.0 Å². The number of rotatable bonds is 4. The summed E-state index contributed by atoms with van der Waals surface area (Å²) in [5, 5.41) is 17.1. The van der Waals surface area contributed by atoms with Crippen molar-refractivity contribution < 1.29 is 14.6 Å². The van der Waals surface area contributed by atoms with Crippen molar-refractivity contribution in [2.24, 2.45) is 10.2 Å². The summed E-state index contributed by atoms with van der Waals surface area (Å²) in [5.74, 6) is 0.637. The second-order valence-electron chi connectivity index (χ2n) is 3.42. The summed E-state index contributed by atoms with van der Waals surface area (Å²) in [4.78, 5) is 10.1. The van der Waals surface area contributed by atoms with Crippen LogP contribution in [0.3, 0.4) is 0 Å². The summed E-state index contributed by atoms with van der Waals surface area (Å²) in [5.41, 5.74) is 1.28. The molecule has 0 bridgehead atoms. The van der Waals surface area contributed by atoms with E-state index in [4.69, 9.17) is 5.11 Å². The molecule has 0 spiro atoms. The molecule has 0 unspecified atom stereocenters. The van der Waals surface area contributed by atoms with Crippen LogP contribution in [-0.2, 0) is 4.79 Å². The van der Waals surface area contributed by atoms with Gasteiger partial charge in [0.2, 0.25) is 0 Å². The molecule has 0 radical (unpaired) electrons. The fourth-order valence-electron chi connectivity index (χ4n) is 1.28. The van der Waals surface area contributed by atoms with Gasteiger partial charge < -0.3 is 9.84 Å². The largest absolute Gasteiger partial charge is 0.508 e. The summed E-state index contributed by atoms with van der Waals surface area (Å²) < 4.78 is 4.66. The first-order chi connectivity index (χ1) is 8.78. The molecule has 5 heteroatoms. The highest BCUT2D eigenvalue weighted by Crippen LogP contribution is 2.22. The van der Waals surface area contributed by atoms with Gasteiger partial charge in [-0.15, -0.1) is 0 Å². The number of carbonyl (C=O) groups excluding carboxylic acids is 1. The lowest BCUT2D eigenvalue weighted by molar-refractivity contribution is -0.120. The zero-order valence-corrected chi connectivity index (χ0v) is 9.35. The molecule has 2 rings (SSSR count). The topological polar surface area (TPSA) is 71.2 Å². The van der Waals surface area contributed by atoms with Crippen LogP contribution in [0.5, 0.6) is 11.5 Å². The Bertz CT molecular complexity index is 547. The minimum absolute atomic E-state index is 0.185. The zero-order valence-electron chi connectivity index (χ0n) is 9.35. The minimum atomic E-state index is 0.185. The molecular weight excluding hydrogens is 232 g/mol. The molecule has 0 saturated heterocycles. The van der Waals surface area contributed by atoms with Crippen LogP contribution >= 0.6 is 0 Å². The van der Waals surface area contributed by atoms with Gasteiger partial charge in [-0.05, 0) is 48.5 Å². The van der Waals surface area contributed by atoms with Crippen LogP contribution in [0, 0.1) is 0 Å². The molecule has 0 fully saturated rings. The molecule has 0 atom stereocenters. The summed E-state index contributed by atoms with van der Waals surface area (Å²) in [6.07, 6.45) is 0. The molecule has 0 aromatic heterocycles. The lowest BCUT2D eigenvalue weighted by atomic mass is 10.3. The van der Waals surface area contributed by atoms with E-state index in [-0.39, 0.29) is 5.75 Å². The smallest absolute Gasteiger partial charge is 0.298 e. The molecule has 0 aliphatic heterocycles. The first kappa shape index (κ1) is 11.8. The number of azo groups is 1. The molecule has 0 saturated carbocycles. The molecule has 0 aliphatic rings. The molecule has 1 N–H and O–H groups in total. The highest BCUT2D eigenvalue weighted by molar-refractivity contribution is 5.48. The molecule has 0 aliphatic carbocycles. The first-order valence-electron chi connectivity index (χ1n) is 5.19. The van der Waals surface area contributed by atoms with E-state index in [0.29, 0.717) is 23.6 Å². The fourth-order valence-corrected chi connectivity index (χ4v) is 1.28. The van der Waals surface area contributed by atoms with E-state index >= 15 is 0 Å². The van der Waals surface area contributed by atoms with Gasteiger partial charge in [0.25, 0.3) is 6.47 Å². The number of aromatic hydroxyl groups is 1. The Morgan fingerprint density at radius 1 is 0.889 bits per heavy atom. The molecular formula is C13H10N2O3. The van der Waals surface area contributed by atoms with Crippen LogP contribution in [-0.4, -0.2) is 11.6 Å².